The predicted molar refractivity (Wildman–Crippen MR) is 47.3 cm³/mol. The monoisotopic (exact) mass is 218 g/mol. The fourth-order valence-electron chi connectivity index (χ4n) is 0.0556. The van der Waals surface area contributed by atoms with Gasteiger partial charge in [-0.1, -0.05) is 14.4 Å². The van der Waals surface area contributed by atoms with Crippen molar-refractivity contribution in [2.45, 2.75) is 14.4 Å². The molecule has 0 aromatic rings. The van der Waals surface area contributed by atoms with Gasteiger partial charge >= 0.3 is 0 Å². The summed E-state index contributed by atoms with van der Waals surface area (Å²) in [5, 5.41) is 2.93. The van der Waals surface area contributed by atoms with E-state index in [4.69, 9.17) is 0 Å². The molecule has 0 aliphatic rings. The van der Waals surface area contributed by atoms with Crippen molar-refractivity contribution in [2.75, 3.05) is 13.6 Å². The lowest BCUT2D eigenvalue weighted by Crippen LogP contribution is -2.18. The van der Waals surface area contributed by atoms with Crippen LogP contribution in [0.3, 0.4) is 0 Å². The van der Waals surface area contributed by atoms with Crippen LogP contribution >= 0.6 is 0 Å². The van der Waals surface area contributed by atoms with Gasteiger partial charge in [-0.3, -0.25) is 8.42 Å². The Balaban J connectivity index is -0.000000142. The number of hydrogen-bond donors (Lipinski definition) is 2. The lowest BCUT2D eigenvalue weighted by molar-refractivity contribution is 0.515. The second kappa shape index (κ2) is 13.7. The van der Waals surface area contributed by atoms with Gasteiger partial charge < -0.3 is 14.4 Å². The Morgan fingerprint density at radius 3 is 1.50 bits per heavy atom. The van der Waals surface area contributed by atoms with Crippen molar-refractivity contribution in [2.24, 2.45) is 0 Å². The molecular formula is C4H14N2O4S2-2. The van der Waals surface area contributed by atoms with Crippen molar-refractivity contribution < 1.29 is 17.5 Å². The second-order valence-electron chi connectivity index (χ2n) is 1.26. The number of nitrogens with one attached hydrogen (secondary N) is 2. The zero-order chi connectivity index (χ0) is 9.28. The Hall–Kier alpha value is 0.140. The molecule has 0 bridgehead atoms. The highest BCUT2D eigenvalue weighted by atomic mass is 32.3. The minimum atomic E-state index is -2.71. The maximum absolute atomic E-state index is 9.31. The van der Waals surface area contributed by atoms with Crippen molar-refractivity contribution in [3.8, 4) is 0 Å². The first-order valence-electron chi connectivity index (χ1n) is 2.64. The van der Waals surface area contributed by atoms with Crippen molar-refractivity contribution in [3.63, 3.8) is 0 Å². The summed E-state index contributed by atoms with van der Waals surface area (Å²) in [6.07, 6.45) is 0. The fraction of sp³-hybridized carbons (Fsp3) is 1.00. The lowest BCUT2D eigenvalue weighted by atomic mass is 10.8. The molecule has 0 heterocycles. The van der Waals surface area contributed by atoms with E-state index in [9.17, 15) is 17.5 Å². The van der Waals surface area contributed by atoms with Crippen molar-refractivity contribution in [1.29, 1.82) is 0 Å². The van der Waals surface area contributed by atoms with Crippen LogP contribution in [0.2, 0.25) is 0 Å². The van der Waals surface area contributed by atoms with Gasteiger partial charge in [0.2, 0.25) is 0 Å². The van der Waals surface area contributed by atoms with E-state index >= 15 is 0 Å². The van der Waals surface area contributed by atoms with E-state index in [0.717, 1.165) is 10.7 Å². The van der Waals surface area contributed by atoms with E-state index in [1.165, 1.54) is 0 Å². The molecule has 6 nitrogen and oxygen atoms in total. The van der Waals surface area contributed by atoms with E-state index in [0.29, 0.717) is 0 Å². The van der Waals surface area contributed by atoms with Gasteiger partial charge in [-0.2, -0.15) is 4.13 Å². The smallest absolute Gasteiger partial charge is 0.0294 e. The lowest BCUT2D eigenvalue weighted by Gasteiger charge is -2.07. The summed E-state index contributed by atoms with van der Waals surface area (Å²) < 4.78 is 38.4. The first-order valence-corrected chi connectivity index (χ1v) is 4.79. The SMILES string of the molecule is C.CCNC.O=S([O-])NS(=O)[O-]. The average molecular weight is 218 g/mol. The molecule has 0 spiro atoms. The van der Waals surface area contributed by atoms with Crippen LogP contribution in [0, 0.1) is 0 Å². The predicted octanol–water partition coefficient (Wildman–Crippen LogP) is -0.974. The Bertz CT molecular complexity index is 118. The summed E-state index contributed by atoms with van der Waals surface area (Å²) in [4.78, 5) is 0. The molecule has 2 atom stereocenters. The molecule has 8 heteroatoms. The van der Waals surface area contributed by atoms with E-state index in [2.05, 4.69) is 12.2 Å². The van der Waals surface area contributed by atoms with E-state index in [1.807, 2.05) is 7.05 Å². The Morgan fingerprint density at radius 1 is 1.25 bits per heavy atom. The summed E-state index contributed by atoms with van der Waals surface area (Å²) in [6.45, 7) is 3.14. The van der Waals surface area contributed by atoms with Gasteiger partial charge in [0.1, 0.15) is 0 Å². The summed E-state index contributed by atoms with van der Waals surface area (Å²) in [7, 11) is 1.93. The largest absolute Gasteiger partial charge is 0.759 e. The average Bonchev–Trinajstić information content (AvgIpc) is 1.85. The summed E-state index contributed by atoms with van der Waals surface area (Å²) >= 11 is -5.42. The molecule has 0 aliphatic heterocycles. The third kappa shape index (κ3) is 32.1. The van der Waals surface area contributed by atoms with Crippen LogP contribution < -0.4 is 9.44 Å². The van der Waals surface area contributed by atoms with Crippen LogP contribution in [-0.4, -0.2) is 31.1 Å². The summed E-state index contributed by atoms with van der Waals surface area (Å²) in [5.74, 6) is 0. The number of rotatable bonds is 3. The zero-order valence-electron chi connectivity index (χ0n) is 6.16. The fourth-order valence-corrected chi connectivity index (χ4v) is 0.500. The quantitative estimate of drug-likeness (QED) is 0.593. The molecule has 0 rings (SSSR count). The molecule has 0 aromatic heterocycles. The minimum Gasteiger partial charge on any atom is -0.759 e. The maximum atomic E-state index is 9.31. The minimum absolute atomic E-state index is 0. The van der Waals surface area contributed by atoms with Crippen LogP contribution in [0.25, 0.3) is 0 Å². The molecular weight excluding hydrogens is 204 g/mol. The molecule has 2 N–H and O–H groups in total. The molecule has 0 saturated carbocycles. The van der Waals surface area contributed by atoms with Gasteiger partial charge in [0, 0.05) is 22.5 Å². The molecule has 0 saturated heterocycles. The first kappa shape index (κ1) is 18.0. The molecule has 0 aromatic carbocycles. The Labute approximate surface area is 78.0 Å². The van der Waals surface area contributed by atoms with E-state index in [1.54, 1.807) is 0 Å². The van der Waals surface area contributed by atoms with Gasteiger partial charge in [-0.25, -0.2) is 0 Å². The Morgan fingerprint density at radius 2 is 1.50 bits per heavy atom. The molecule has 0 radical (unpaired) electrons. The van der Waals surface area contributed by atoms with Gasteiger partial charge in [-0.15, -0.1) is 0 Å². The third-order valence-corrected chi connectivity index (χ3v) is 1.58. The van der Waals surface area contributed by atoms with Gasteiger partial charge in [0.15, 0.2) is 0 Å². The molecule has 0 aliphatic carbocycles. The van der Waals surface area contributed by atoms with Gasteiger partial charge in [0.25, 0.3) is 0 Å². The van der Waals surface area contributed by atoms with Crippen molar-refractivity contribution in [3.05, 3.63) is 0 Å². The molecule has 2 unspecified atom stereocenters. The summed E-state index contributed by atoms with van der Waals surface area (Å²) in [5.41, 5.74) is 0. The normalized spacial score (nSPS) is 13.3. The van der Waals surface area contributed by atoms with Crippen LogP contribution in [-0.2, 0) is 22.5 Å². The molecule has 78 valence electrons. The number of hydrogen-bond acceptors (Lipinski definition) is 5. The van der Waals surface area contributed by atoms with Crippen molar-refractivity contribution >= 4 is 22.5 Å². The van der Waals surface area contributed by atoms with Crippen LogP contribution in [0.1, 0.15) is 14.4 Å². The highest BCUT2D eigenvalue weighted by Gasteiger charge is 1.73. The second-order valence-corrected chi connectivity index (χ2v) is 2.87. The van der Waals surface area contributed by atoms with E-state index < -0.39 is 22.5 Å². The molecule has 0 amide bonds. The topological polar surface area (TPSA) is 104 Å². The van der Waals surface area contributed by atoms with Gasteiger partial charge in [-0.05, 0) is 13.6 Å². The maximum Gasteiger partial charge on any atom is 0.0294 e. The molecule has 0 fully saturated rings. The first-order chi connectivity index (χ1) is 5.04. The van der Waals surface area contributed by atoms with E-state index in [-0.39, 0.29) is 7.43 Å². The standard InChI is InChI=1S/C3H9N.CH4.H3NO4S2/c1-3-4-2;;2-6(3)1-7(4)5/h4H,3H2,1-2H3;1H4;1H,(H,2,3)(H,4,5)/p-2. The van der Waals surface area contributed by atoms with Crippen LogP contribution in [0.15, 0.2) is 0 Å². The van der Waals surface area contributed by atoms with Gasteiger partial charge in [0.05, 0.1) is 0 Å². The Kier molecular flexibility index (Phi) is 20.6. The molecule has 12 heavy (non-hydrogen) atoms. The zero-order valence-corrected chi connectivity index (χ0v) is 7.79. The highest BCUT2D eigenvalue weighted by Crippen LogP contribution is 1.63. The summed E-state index contributed by atoms with van der Waals surface area (Å²) in [6, 6.07) is 0. The van der Waals surface area contributed by atoms with Crippen LogP contribution in [0.5, 0.6) is 0 Å². The van der Waals surface area contributed by atoms with Crippen LogP contribution in [0.4, 0.5) is 0 Å². The van der Waals surface area contributed by atoms with Crippen molar-refractivity contribution in [1.82, 2.24) is 9.44 Å². The third-order valence-electron chi connectivity index (χ3n) is 0.490. The highest BCUT2D eigenvalue weighted by molar-refractivity contribution is 7.92.